The van der Waals surface area contributed by atoms with Gasteiger partial charge in [0.1, 0.15) is 0 Å². The fourth-order valence-corrected chi connectivity index (χ4v) is 4.91. The van der Waals surface area contributed by atoms with Crippen LogP contribution < -0.4 is 5.32 Å². The van der Waals surface area contributed by atoms with Gasteiger partial charge in [-0.15, -0.1) is 0 Å². The third kappa shape index (κ3) is 7.89. The molecule has 0 aliphatic rings. The van der Waals surface area contributed by atoms with E-state index in [2.05, 4.69) is 25.4 Å². The summed E-state index contributed by atoms with van der Waals surface area (Å²) < 4.78 is 35.1. The summed E-state index contributed by atoms with van der Waals surface area (Å²) in [5, 5.41) is 7.04. The average molecular weight is 520 g/mol. The van der Waals surface area contributed by atoms with Crippen LogP contribution in [0.4, 0.5) is 5.13 Å². The number of carbonyl (C=O) groups excluding carboxylic acids is 1. The van der Waals surface area contributed by atoms with E-state index in [0.29, 0.717) is 36.2 Å². The Kier molecular flexibility index (Phi) is 9.78. The lowest BCUT2D eigenvalue weighted by Gasteiger charge is -2.09. The summed E-state index contributed by atoms with van der Waals surface area (Å²) in [5.74, 6) is -0.235. The number of anilines is 1. The summed E-state index contributed by atoms with van der Waals surface area (Å²) in [6, 6.07) is 7.54. The van der Waals surface area contributed by atoms with Crippen molar-refractivity contribution in [2.24, 2.45) is 5.16 Å². The predicted octanol–water partition coefficient (Wildman–Crippen LogP) is 2.45. The van der Waals surface area contributed by atoms with Crippen molar-refractivity contribution in [3.63, 3.8) is 0 Å². The summed E-state index contributed by atoms with van der Waals surface area (Å²) in [7, 11) is -0.403. The highest BCUT2D eigenvalue weighted by Gasteiger charge is 2.20. The van der Waals surface area contributed by atoms with Crippen molar-refractivity contribution in [1.82, 2.24) is 15.0 Å². The molecule has 0 bridgehead atoms. The number of carbonyl (C=O) groups is 1. The number of thiazole rings is 1. The lowest BCUT2D eigenvalue weighted by Crippen LogP contribution is -2.24. The number of methoxy groups -OCH3 is 2. The van der Waals surface area contributed by atoms with Gasteiger partial charge in [0, 0.05) is 45.0 Å². The Labute approximate surface area is 207 Å². The van der Waals surface area contributed by atoms with Crippen molar-refractivity contribution >= 4 is 37.9 Å². The summed E-state index contributed by atoms with van der Waals surface area (Å²) in [6.07, 6.45) is 5.11. The first-order valence-electron chi connectivity index (χ1n) is 10.5. The van der Waals surface area contributed by atoms with Gasteiger partial charge < -0.3 is 14.3 Å². The summed E-state index contributed by atoms with van der Waals surface area (Å²) in [4.78, 5) is 31.6. The smallest absolute Gasteiger partial charge is 0.280 e. The average Bonchev–Trinajstić information content (AvgIpc) is 3.29. The van der Waals surface area contributed by atoms with E-state index in [1.165, 1.54) is 42.7 Å². The number of ether oxygens (including phenoxy) is 2. The zero-order valence-electron chi connectivity index (χ0n) is 19.2. The zero-order chi connectivity index (χ0) is 25.1. The maximum absolute atomic E-state index is 13.0. The standard InChI is InChI=1S/C22H25N5O6S2/c1-31-11-4-12-35(29,30)18-7-5-16(6-8-18)20(27-33-15-19-23-9-3-10-24-19)21(28)26-22-25-13-17(34-22)14-32-2/h3,5-10,13H,4,11-12,14-15H2,1-2H3,(H,25,26,28). The van der Waals surface area contributed by atoms with Crippen molar-refractivity contribution in [2.45, 2.75) is 24.5 Å². The van der Waals surface area contributed by atoms with Crippen molar-refractivity contribution in [1.29, 1.82) is 0 Å². The predicted molar refractivity (Wildman–Crippen MR) is 130 cm³/mol. The van der Waals surface area contributed by atoms with Crippen LogP contribution in [0.1, 0.15) is 22.7 Å². The van der Waals surface area contributed by atoms with Gasteiger partial charge in [-0.2, -0.15) is 0 Å². The molecule has 3 rings (SSSR count). The van der Waals surface area contributed by atoms with Crippen LogP contribution in [0.2, 0.25) is 0 Å². The summed E-state index contributed by atoms with van der Waals surface area (Å²) in [6.45, 7) is 0.660. The number of nitrogens with one attached hydrogen (secondary N) is 1. The minimum Gasteiger partial charge on any atom is -0.387 e. The Hall–Kier alpha value is -3.26. The molecule has 0 spiro atoms. The highest BCUT2D eigenvalue weighted by atomic mass is 32.2. The number of nitrogens with zero attached hydrogens (tertiary/aromatic N) is 4. The van der Waals surface area contributed by atoms with Crippen LogP contribution in [0.15, 0.2) is 59.0 Å². The summed E-state index contributed by atoms with van der Waals surface area (Å²) in [5.41, 5.74) is 0.300. The Bertz CT molecular complexity index is 1230. The third-order valence-corrected chi connectivity index (χ3v) is 7.20. The zero-order valence-corrected chi connectivity index (χ0v) is 20.8. The van der Waals surface area contributed by atoms with Crippen LogP contribution in [-0.2, 0) is 42.2 Å². The van der Waals surface area contributed by atoms with Gasteiger partial charge >= 0.3 is 0 Å². The monoisotopic (exact) mass is 519 g/mol. The van der Waals surface area contributed by atoms with E-state index in [1.54, 1.807) is 31.8 Å². The number of hydrogen-bond donors (Lipinski definition) is 1. The Morgan fingerprint density at radius 3 is 2.49 bits per heavy atom. The van der Waals surface area contributed by atoms with Gasteiger partial charge in [0.15, 0.2) is 33.1 Å². The largest absolute Gasteiger partial charge is 0.387 e. The minimum absolute atomic E-state index is 0.0460. The molecule has 0 fully saturated rings. The molecular weight excluding hydrogens is 494 g/mol. The fraction of sp³-hybridized carbons (Fsp3) is 0.318. The molecule has 3 aromatic rings. The number of oxime groups is 1. The molecule has 11 nitrogen and oxygen atoms in total. The molecule has 1 aromatic carbocycles. The lowest BCUT2D eigenvalue weighted by atomic mass is 10.1. The maximum Gasteiger partial charge on any atom is 0.280 e. The van der Waals surface area contributed by atoms with E-state index in [9.17, 15) is 13.2 Å². The normalized spacial score (nSPS) is 11.9. The van der Waals surface area contributed by atoms with Gasteiger partial charge in [-0.3, -0.25) is 10.1 Å². The first-order valence-corrected chi connectivity index (χ1v) is 12.9. The number of hydrogen-bond acceptors (Lipinski definition) is 11. The second-order valence-electron chi connectivity index (χ2n) is 7.09. The molecule has 0 aliphatic carbocycles. The summed E-state index contributed by atoms with van der Waals surface area (Å²) >= 11 is 1.26. The second kappa shape index (κ2) is 13.0. The van der Waals surface area contributed by atoms with Crippen molar-refractivity contribution in [3.8, 4) is 0 Å². The van der Waals surface area contributed by atoms with Gasteiger partial charge in [0.25, 0.3) is 5.91 Å². The lowest BCUT2D eigenvalue weighted by molar-refractivity contribution is -0.110. The van der Waals surface area contributed by atoms with Gasteiger partial charge in [0.2, 0.25) is 0 Å². The first kappa shape index (κ1) is 26.3. The number of aromatic nitrogens is 3. The Balaban J connectivity index is 1.81. The van der Waals surface area contributed by atoms with Crippen molar-refractivity contribution < 1.29 is 27.5 Å². The van der Waals surface area contributed by atoms with E-state index in [1.807, 2.05) is 0 Å². The van der Waals surface area contributed by atoms with Gasteiger partial charge in [-0.1, -0.05) is 28.6 Å². The minimum atomic E-state index is -3.49. The molecule has 2 aromatic heterocycles. The molecule has 1 N–H and O–H groups in total. The second-order valence-corrected chi connectivity index (χ2v) is 10.3. The maximum atomic E-state index is 13.0. The van der Waals surface area contributed by atoms with Crippen LogP contribution in [0.3, 0.4) is 0 Å². The van der Waals surface area contributed by atoms with Crippen LogP contribution in [0, 0.1) is 0 Å². The highest BCUT2D eigenvalue weighted by molar-refractivity contribution is 7.91. The molecule has 0 aliphatic heterocycles. The SMILES string of the molecule is COCCCS(=O)(=O)c1ccc(C(=NOCc2ncccn2)C(=O)Nc2ncc(COC)s2)cc1. The van der Waals surface area contributed by atoms with Crippen LogP contribution in [0.5, 0.6) is 0 Å². The van der Waals surface area contributed by atoms with Crippen molar-refractivity contribution in [2.75, 3.05) is 31.9 Å². The molecule has 1 amide bonds. The molecule has 0 unspecified atom stereocenters. The van der Waals surface area contributed by atoms with Crippen LogP contribution in [-0.4, -0.2) is 61.6 Å². The molecule has 0 saturated carbocycles. The van der Waals surface area contributed by atoms with Crippen molar-refractivity contribution in [3.05, 3.63) is 65.2 Å². The third-order valence-electron chi connectivity index (χ3n) is 4.49. The molecule has 186 valence electrons. The van der Waals surface area contributed by atoms with Crippen LogP contribution >= 0.6 is 11.3 Å². The number of amides is 1. The topological polar surface area (TPSA) is 142 Å². The Morgan fingerprint density at radius 1 is 1.06 bits per heavy atom. The molecule has 0 atom stereocenters. The first-order chi connectivity index (χ1) is 16.9. The molecular formula is C22H25N5O6S2. The quantitative estimate of drug-likeness (QED) is 0.205. The van der Waals surface area contributed by atoms with E-state index in [0.717, 1.165) is 4.88 Å². The van der Waals surface area contributed by atoms with Crippen LogP contribution in [0.25, 0.3) is 0 Å². The molecule has 13 heteroatoms. The van der Waals surface area contributed by atoms with E-state index < -0.39 is 15.7 Å². The number of sulfone groups is 1. The molecule has 0 radical (unpaired) electrons. The van der Waals surface area contributed by atoms with Gasteiger partial charge in [-0.25, -0.2) is 23.4 Å². The molecule has 0 saturated heterocycles. The van der Waals surface area contributed by atoms with E-state index in [4.69, 9.17) is 14.3 Å². The van der Waals surface area contributed by atoms with E-state index in [-0.39, 0.29) is 23.0 Å². The number of rotatable bonds is 13. The number of benzene rings is 1. The van der Waals surface area contributed by atoms with Gasteiger partial charge in [0.05, 0.1) is 22.1 Å². The Morgan fingerprint density at radius 2 is 1.80 bits per heavy atom. The highest BCUT2D eigenvalue weighted by Crippen LogP contribution is 2.20. The van der Waals surface area contributed by atoms with E-state index >= 15 is 0 Å². The fourth-order valence-electron chi connectivity index (χ4n) is 2.85. The molecule has 2 heterocycles. The molecule has 35 heavy (non-hydrogen) atoms. The van der Waals surface area contributed by atoms with Gasteiger partial charge in [-0.05, 0) is 24.6 Å².